The Kier molecular flexibility index (Phi) is 3.42. The van der Waals surface area contributed by atoms with Crippen molar-refractivity contribution in [1.82, 2.24) is 0 Å². The molecule has 1 atom stereocenters. The van der Waals surface area contributed by atoms with Crippen molar-refractivity contribution in [2.75, 3.05) is 6.61 Å². The highest BCUT2D eigenvalue weighted by Crippen LogP contribution is 2.31. The van der Waals surface area contributed by atoms with E-state index in [-0.39, 0.29) is 6.61 Å². The maximum atomic E-state index is 12.9. The zero-order valence-corrected chi connectivity index (χ0v) is 8.80. The molecule has 0 spiro atoms. The molecule has 0 saturated heterocycles. The van der Waals surface area contributed by atoms with Gasteiger partial charge in [-0.1, -0.05) is 13.8 Å². The number of rotatable bonds is 3. The number of nitrogens with two attached hydrogens (primary N) is 1. The van der Waals surface area contributed by atoms with Crippen LogP contribution in [0.2, 0.25) is 0 Å². The van der Waals surface area contributed by atoms with Crippen LogP contribution in [-0.4, -0.2) is 11.7 Å². The molecule has 0 unspecified atom stereocenters. The van der Waals surface area contributed by atoms with Gasteiger partial charge in [0.2, 0.25) is 0 Å². The molecule has 0 bridgehead atoms. The van der Waals surface area contributed by atoms with E-state index >= 15 is 0 Å². The lowest BCUT2D eigenvalue weighted by atomic mass is 9.82. The van der Waals surface area contributed by atoms with E-state index in [2.05, 4.69) is 0 Å². The monoisotopic (exact) mass is 215 g/mol. The maximum absolute atomic E-state index is 12.9. The van der Waals surface area contributed by atoms with Crippen LogP contribution in [0.1, 0.15) is 25.5 Å². The van der Waals surface area contributed by atoms with Crippen LogP contribution in [-0.2, 0) is 0 Å². The smallest absolute Gasteiger partial charge is 0.126 e. The van der Waals surface area contributed by atoms with E-state index in [1.807, 2.05) is 0 Å². The Labute approximate surface area is 87.7 Å². The highest BCUT2D eigenvalue weighted by molar-refractivity contribution is 5.22. The minimum atomic E-state index is -0.658. The van der Waals surface area contributed by atoms with Gasteiger partial charge in [-0.25, -0.2) is 8.78 Å². The summed E-state index contributed by atoms with van der Waals surface area (Å²) >= 11 is 0. The summed E-state index contributed by atoms with van der Waals surface area (Å²) < 4.78 is 25.8. The fourth-order valence-corrected chi connectivity index (χ4v) is 1.30. The van der Waals surface area contributed by atoms with Gasteiger partial charge in [0.25, 0.3) is 0 Å². The third kappa shape index (κ3) is 2.73. The summed E-state index contributed by atoms with van der Waals surface area (Å²) in [5.74, 6) is -1.32. The van der Waals surface area contributed by atoms with E-state index < -0.39 is 23.1 Å². The second-order valence-electron chi connectivity index (χ2n) is 4.33. The SMILES string of the molecule is CC(C)(CO)[C@H](N)c1cc(F)cc(F)c1. The third-order valence-corrected chi connectivity index (χ3v) is 2.49. The van der Waals surface area contributed by atoms with E-state index in [0.29, 0.717) is 5.56 Å². The van der Waals surface area contributed by atoms with Crippen LogP contribution >= 0.6 is 0 Å². The zero-order valence-electron chi connectivity index (χ0n) is 8.80. The van der Waals surface area contributed by atoms with Crippen LogP contribution in [0, 0.1) is 17.0 Å². The molecule has 2 nitrogen and oxygen atoms in total. The molecule has 0 heterocycles. The molecule has 3 N–H and O–H groups in total. The predicted octanol–water partition coefficient (Wildman–Crippen LogP) is 1.98. The summed E-state index contributed by atoms with van der Waals surface area (Å²) in [4.78, 5) is 0. The lowest BCUT2D eigenvalue weighted by Gasteiger charge is -2.29. The molecule has 0 aromatic heterocycles. The lowest BCUT2D eigenvalue weighted by molar-refractivity contribution is 0.132. The lowest BCUT2D eigenvalue weighted by Crippen LogP contribution is -2.32. The quantitative estimate of drug-likeness (QED) is 0.809. The van der Waals surface area contributed by atoms with Crippen LogP contribution in [0.5, 0.6) is 0 Å². The highest BCUT2D eigenvalue weighted by Gasteiger charge is 2.27. The molecular weight excluding hydrogens is 200 g/mol. The molecular formula is C11H15F2NO. The van der Waals surface area contributed by atoms with Crippen molar-refractivity contribution in [2.45, 2.75) is 19.9 Å². The average Bonchev–Trinajstić information content (AvgIpc) is 2.15. The molecule has 0 radical (unpaired) electrons. The summed E-state index contributed by atoms with van der Waals surface area (Å²) in [5, 5.41) is 9.10. The Morgan fingerprint density at radius 1 is 1.27 bits per heavy atom. The summed E-state index contributed by atoms with van der Waals surface area (Å²) in [6, 6.07) is 2.56. The second kappa shape index (κ2) is 4.24. The van der Waals surface area contributed by atoms with Gasteiger partial charge in [-0.2, -0.15) is 0 Å². The first kappa shape index (κ1) is 12.1. The number of aliphatic hydroxyl groups is 1. The molecule has 1 aromatic carbocycles. The Hall–Kier alpha value is -1.00. The van der Waals surface area contributed by atoms with Gasteiger partial charge in [0.1, 0.15) is 11.6 Å². The van der Waals surface area contributed by atoms with Crippen LogP contribution in [0.15, 0.2) is 18.2 Å². The summed E-state index contributed by atoms with van der Waals surface area (Å²) in [6.45, 7) is 3.33. The van der Waals surface area contributed by atoms with E-state index in [0.717, 1.165) is 6.07 Å². The van der Waals surface area contributed by atoms with Crippen molar-refractivity contribution < 1.29 is 13.9 Å². The van der Waals surface area contributed by atoms with Crippen molar-refractivity contribution in [1.29, 1.82) is 0 Å². The van der Waals surface area contributed by atoms with E-state index in [1.165, 1.54) is 12.1 Å². The normalized spacial score (nSPS) is 14.0. The molecule has 15 heavy (non-hydrogen) atoms. The van der Waals surface area contributed by atoms with E-state index in [9.17, 15) is 8.78 Å². The fraction of sp³-hybridized carbons (Fsp3) is 0.455. The summed E-state index contributed by atoms with van der Waals surface area (Å²) in [5.41, 5.74) is 5.57. The molecule has 0 fully saturated rings. The fourth-order valence-electron chi connectivity index (χ4n) is 1.30. The van der Waals surface area contributed by atoms with Gasteiger partial charge in [-0.3, -0.25) is 0 Å². The number of benzene rings is 1. The zero-order chi connectivity index (χ0) is 11.6. The molecule has 0 aliphatic rings. The first-order chi connectivity index (χ1) is 6.86. The molecule has 0 aliphatic heterocycles. The Morgan fingerprint density at radius 2 is 1.73 bits per heavy atom. The first-order valence-corrected chi connectivity index (χ1v) is 4.69. The molecule has 0 saturated carbocycles. The standard InChI is InChI=1S/C11H15F2NO/c1-11(2,6-15)10(14)7-3-8(12)5-9(13)4-7/h3-5,10,15H,6,14H2,1-2H3/t10-/m1/s1. The number of hydrogen-bond donors (Lipinski definition) is 2. The van der Waals surface area contributed by atoms with Crippen molar-refractivity contribution in [3.63, 3.8) is 0 Å². The van der Waals surface area contributed by atoms with Gasteiger partial charge in [0.15, 0.2) is 0 Å². The topological polar surface area (TPSA) is 46.2 Å². The van der Waals surface area contributed by atoms with Crippen molar-refractivity contribution in [2.24, 2.45) is 11.1 Å². The van der Waals surface area contributed by atoms with E-state index in [1.54, 1.807) is 13.8 Å². The van der Waals surface area contributed by atoms with Gasteiger partial charge >= 0.3 is 0 Å². The molecule has 4 heteroatoms. The Bertz CT molecular complexity index is 332. The van der Waals surface area contributed by atoms with Gasteiger partial charge in [-0.15, -0.1) is 0 Å². The van der Waals surface area contributed by atoms with Crippen LogP contribution in [0.25, 0.3) is 0 Å². The molecule has 0 amide bonds. The maximum Gasteiger partial charge on any atom is 0.126 e. The first-order valence-electron chi connectivity index (χ1n) is 4.69. The molecule has 84 valence electrons. The second-order valence-corrected chi connectivity index (χ2v) is 4.33. The third-order valence-electron chi connectivity index (χ3n) is 2.49. The van der Waals surface area contributed by atoms with Gasteiger partial charge < -0.3 is 10.8 Å². The Morgan fingerprint density at radius 3 is 2.13 bits per heavy atom. The van der Waals surface area contributed by atoms with Gasteiger partial charge in [0.05, 0.1) is 0 Å². The van der Waals surface area contributed by atoms with Crippen molar-refractivity contribution in [3.05, 3.63) is 35.4 Å². The minimum Gasteiger partial charge on any atom is -0.396 e. The predicted molar refractivity (Wildman–Crippen MR) is 54.2 cm³/mol. The number of halogens is 2. The van der Waals surface area contributed by atoms with Crippen LogP contribution in [0.4, 0.5) is 8.78 Å². The molecule has 0 aliphatic carbocycles. The molecule has 1 aromatic rings. The van der Waals surface area contributed by atoms with Crippen LogP contribution in [0.3, 0.4) is 0 Å². The molecule has 1 rings (SSSR count). The van der Waals surface area contributed by atoms with E-state index in [4.69, 9.17) is 10.8 Å². The van der Waals surface area contributed by atoms with Crippen molar-refractivity contribution >= 4 is 0 Å². The van der Waals surface area contributed by atoms with Gasteiger partial charge in [0, 0.05) is 24.1 Å². The average molecular weight is 215 g/mol. The number of hydrogen-bond acceptors (Lipinski definition) is 2. The summed E-state index contributed by atoms with van der Waals surface area (Å²) in [7, 11) is 0. The Balaban J connectivity index is 3.06. The minimum absolute atomic E-state index is 0.147. The van der Waals surface area contributed by atoms with Crippen LogP contribution < -0.4 is 5.73 Å². The number of aliphatic hydroxyl groups excluding tert-OH is 1. The largest absolute Gasteiger partial charge is 0.396 e. The van der Waals surface area contributed by atoms with Gasteiger partial charge in [-0.05, 0) is 17.7 Å². The summed E-state index contributed by atoms with van der Waals surface area (Å²) in [6.07, 6.45) is 0. The van der Waals surface area contributed by atoms with Crippen molar-refractivity contribution in [3.8, 4) is 0 Å². The highest BCUT2D eigenvalue weighted by atomic mass is 19.1.